The molecule has 1 aliphatic carbocycles. The Morgan fingerprint density at radius 1 is 1.17 bits per heavy atom. The third-order valence-corrected chi connectivity index (χ3v) is 7.19. The van der Waals surface area contributed by atoms with E-state index in [1.165, 1.54) is 6.42 Å². The highest BCUT2D eigenvalue weighted by molar-refractivity contribution is 7.92. The Bertz CT molecular complexity index is 363. The van der Waals surface area contributed by atoms with Crippen molar-refractivity contribution in [3.05, 3.63) is 0 Å². The van der Waals surface area contributed by atoms with Crippen LogP contribution in [-0.4, -0.2) is 30.6 Å². The predicted molar refractivity (Wildman–Crippen MR) is 73.2 cm³/mol. The molecule has 1 saturated carbocycles. The van der Waals surface area contributed by atoms with Gasteiger partial charge in [-0.3, -0.25) is 0 Å². The number of hydrogen-bond donors (Lipinski definition) is 1. The fourth-order valence-corrected chi connectivity index (χ4v) is 5.76. The van der Waals surface area contributed by atoms with Gasteiger partial charge in [-0.15, -0.1) is 0 Å². The Balaban J connectivity index is 2.03. The van der Waals surface area contributed by atoms with Crippen molar-refractivity contribution in [1.29, 1.82) is 0 Å². The summed E-state index contributed by atoms with van der Waals surface area (Å²) in [5.41, 5.74) is 0. The van der Waals surface area contributed by atoms with E-state index in [4.69, 9.17) is 0 Å². The Labute approximate surface area is 111 Å². The molecule has 0 amide bonds. The molecular formula is C14H26O3S. The first kappa shape index (κ1) is 14.3. The minimum atomic E-state index is -3.05. The van der Waals surface area contributed by atoms with Gasteiger partial charge in [0, 0.05) is 0 Å². The summed E-state index contributed by atoms with van der Waals surface area (Å²) in [4.78, 5) is 0. The van der Waals surface area contributed by atoms with E-state index in [0.29, 0.717) is 12.3 Å². The summed E-state index contributed by atoms with van der Waals surface area (Å²) >= 11 is 0. The number of aliphatic hydroxyl groups is 1. The van der Waals surface area contributed by atoms with Gasteiger partial charge >= 0.3 is 0 Å². The zero-order valence-electron chi connectivity index (χ0n) is 11.3. The van der Waals surface area contributed by atoms with Crippen molar-refractivity contribution in [3.8, 4) is 0 Å². The lowest BCUT2D eigenvalue weighted by Gasteiger charge is -2.36. The lowest BCUT2D eigenvalue weighted by molar-refractivity contribution is 0.0611. The monoisotopic (exact) mass is 274 g/mol. The van der Waals surface area contributed by atoms with Crippen LogP contribution in [0.4, 0.5) is 0 Å². The zero-order chi connectivity index (χ0) is 13.2. The summed E-state index contributed by atoms with van der Waals surface area (Å²) in [5, 5.41) is 9.99. The molecule has 4 heteroatoms. The number of rotatable bonds is 3. The van der Waals surface area contributed by atoms with Crippen molar-refractivity contribution in [1.82, 2.24) is 0 Å². The molecule has 2 rings (SSSR count). The van der Waals surface area contributed by atoms with Crippen LogP contribution in [0, 0.1) is 11.8 Å². The number of sulfone groups is 1. The van der Waals surface area contributed by atoms with Crippen molar-refractivity contribution >= 4 is 9.84 Å². The van der Waals surface area contributed by atoms with Gasteiger partial charge in [0.1, 0.15) is 0 Å². The maximum absolute atomic E-state index is 12.1. The van der Waals surface area contributed by atoms with Gasteiger partial charge in [-0.05, 0) is 37.5 Å². The second kappa shape index (κ2) is 5.91. The lowest BCUT2D eigenvalue weighted by atomic mass is 9.76. The third-order valence-electron chi connectivity index (χ3n) is 4.89. The summed E-state index contributed by atoms with van der Waals surface area (Å²) in [6, 6.07) is 0. The maximum Gasteiger partial charge on any atom is 0.155 e. The van der Waals surface area contributed by atoms with Crippen molar-refractivity contribution < 1.29 is 13.5 Å². The smallest absolute Gasteiger partial charge is 0.155 e. The van der Waals surface area contributed by atoms with Crippen LogP contribution >= 0.6 is 0 Å². The molecule has 0 spiro atoms. The number of hydrogen-bond acceptors (Lipinski definition) is 3. The fraction of sp³-hybridized carbons (Fsp3) is 1.00. The van der Waals surface area contributed by atoms with Crippen LogP contribution in [0.5, 0.6) is 0 Å². The van der Waals surface area contributed by atoms with Crippen LogP contribution in [0.25, 0.3) is 0 Å². The van der Waals surface area contributed by atoms with E-state index in [1.807, 2.05) is 0 Å². The van der Waals surface area contributed by atoms with Crippen molar-refractivity contribution in [2.24, 2.45) is 11.8 Å². The van der Waals surface area contributed by atoms with Crippen LogP contribution in [0.1, 0.15) is 58.3 Å². The van der Waals surface area contributed by atoms with E-state index in [-0.39, 0.29) is 11.7 Å². The second-order valence-electron chi connectivity index (χ2n) is 6.09. The summed E-state index contributed by atoms with van der Waals surface area (Å²) in [7, 11) is -3.05. The van der Waals surface area contributed by atoms with Crippen LogP contribution in [0.15, 0.2) is 0 Å². The van der Waals surface area contributed by atoms with Crippen molar-refractivity contribution in [2.75, 3.05) is 5.75 Å². The van der Waals surface area contributed by atoms with Gasteiger partial charge in [0.25, 0.3) is 0 Å². The predicted octanol–water partition coefficient (Wildman–Crippen LogP) is 2.53. The van der Waals surface area contributed by atoms with E-state index >= 15 is 0 Å². The van der Waals surface area contributed by atoms with E-state index in [2.05, 4.69) is 6.92 Å². The van der Waals surface area contributed by atoms with E-state index in [1.54, 1.807) is 0 Å². The maximum atomic E-state index is 12.1. The Morgan fingerprint density at radius 3 is 2.61 bits per heavy atom. The van der Waals surface area contributed by atoms with Crippen LogP contribution in [-0.2, 0) is 9.84 Å². The topological polar surface area (TPSA) is 54.4 Å². The van der Waals surface area contributed by atoms with Gasteiger partial charge in [0.2, 0.25) is 0 Å². The SMILES string of the molecule is CCC1CCCC(C(O)C2CCCCS2(=O)=O)C1. The molecule has 0 aromatic heterocycles. The minimum absolute atomic E-state index is 0.210. The van der Waals surface area contributed by atoms with Crippen molar-refractivity contribution in [3.63, 3.8) is 0 Å². The van der Waals surface area contributed by atoms with E-state index in [9.17, 15) is 13.5 Å². The molecule has 0 aromatic carbocycles. The highest BCUT2D eigenvalue weighted by Gasteiger charge is 2.39. The van der Waals surface area contributed by atoms with Gasteiger partial charge in [-0.2, -0.15) is 0 Å². The summed E-state index contributed by atoms with van der Waals surface area (Å²) in [6.45, 7) is 2.19. The van der Waals surface area contributed by atoms with Gasteiger partial charge in [-0.1, -0.05) is 32.6 Å². The minimum Gasteiger partial charge on any atom is -0.391 e. The summed E-state index contributed by atoms with van der Waals surface area (Å²) < 4.78 is 24.1. The molecule has 106 valence electrons. The molecule has 2 aliphatic rings. The molecule has 1 heterocycles. The molecule has 3 nitrogen and oxygen atoms in total. The molecule has 1 saturated heterocycles. The average molecular weight is 274 g/mol. The average Bonchev–Trinajstić information content (AvgIpc) is 2.37. The molecule has 0 radical (unpaired) electrons. The Morgan fingerprint density at radius 2 is 1.94 bits per heavy atom. The van der Waals surface area contributed by atoms with Crippen LogP contribution < -0.4 is 0 Å². The molecule has 18 heavy (non-hydrogen) atoms. The molecule has 1 aliphatic heterocycles. The first-order valence-corrected chi connectivity index (χ1v) is 9.15. The van der Waals surface area contributed by atoms with Gasteiger partial charge in [0.15, 0.2) is 9.84 Å². The zero-order valence-corrected chi connectivity index (χ0v) is 12.2. The van der Waals surface area contributed by atoms with Gasteiger partial charge < -0.3 is 5.11 Å². The largest absolute Gasteiger partial charge is 0.391 e. The number of aliphatic hydroxyl groups excluding tert-OH is 1. The molecule has 1 N–H and O–H groups in total. The fourth-order valence-electron chi connectivity index (χ4n) is 3.68. The van der Waals surface area contributed by atoms with Crippen LogP contribution in [0.3, 0.4) is 0 Å². The molecule has 0 aromatic rings. The second-order valence-corrected chi connectivity index (χ2v) is 8.43. The Hall–Kier alpha value is -0.0900. The normalized spacial score (nSPS) is 38.2. The van der Waals surface area contributed by atoms with Gasteiger partial charge in [0.05, 0.1) is 17.1 Å². The quantitative estimate of drug-likeness (QED) is 0.860. The standard InChI is InChI=1S/C14H26O3S/c1-2-11-6-5-7-12(10-11)14(15)13-8-3-4-9-18(13,16)17/h11-15H,2-10H2,1H3. The van der Waals surface area contributed by atoms with Crippen molar-refractivity contribution in [2.45, 2.75) is 69.6 Å². The highest BCUT2D eigenvalue weighted by Crippen LogP contribution is 2.36. The first-order valence-electron chi connectivity index (χ1n) is 7.44. The van der Waals surface area contributed by atoms with Crippen LogP contribution in [0.2, 0.25) is 0 Å². The van der Waals surface area contributed by atoms with E-state index < -0.39 is 21.2 Å². The molecule has 0 bridgehead atoms. The molecule has 2 fully saturated rings. The third kappa shape index (κ3) is 3.08. The summed E-state index contributed by atoms with van der Waals surface area (Å²) in [6.07, 6.45) is 7.33. The lowest BCUT2D eigenvalue weighted by Crippen LogP contribution is -2.43. The van der Waals surface area contributed by atoms with Gasteiger partial charge in [-0.25, -0.2) is 8.42 Å². The molecule has 4 unspecified atom stereocenters. The first-order chi connectivity index (χ1) is 8.54. The Kier molecular flexibility index (Phi) is 4.70. The molecular weight excluding hydrogens is 248 g/mol. The van der Waals surface area contributed by atoms with E-state index in [0.717, 1.165) is 38.5 Å². The summed E-state index contributed by atoms with van der Waals surface area (Å²) in [5.74, 6) is 1.17. The highest BCUT2D eigenvalue weighted by atomic mass is 32.2. The molecule has 4 atom stereocenters.